The largest absolute Gasteiger partial charge is 0.489 e. The Labute approximate surface area is 346 Å². The third kappa shape index (κ3) is 9.49. The van der Waals surface area contributed by atoms with E-state index in [2.05, 4.69) is 45.7 Å². The molecule has 0 radical (unpaired) electrons. The molecule has 4 N–H and O–H groups in total. The van der Waals surface area contributed by atoms with Crippen molar-refractivity contribution in [3.05, 3.63) is 147 Å². The minimum absolute atomic E-state index is 0.107. The first kappa shape index (κ1) is 40.0. The number of amides is 1. The smallest absolute Gasteiger partial charge is 0.220 e. The number of aliphatic hydroxyl groups excluding tert-OH is 1. The number of nitrogens with one attached hydrogen (secondary N) is 3. The molecule has 2 unspecified atom stereocenters. The minimum atomic E-state index is -0.311. The average molecular weight is 821 g/mol. The van der Waals surface area contributed by atoms with Crippen molar-refractivity contribution in [1.29, 1.82) is 5.26 Å². The molecule has 57 heavy (non-hydrogen) atoms. The summed E-state index contributed by atoms with van der Waals surface area (Å²) in [7, 11) is 0. The highest BCUT2D eigenvalue weighted by Gasteiger charge is 2.21. The number of nitriles is 1. The van der Waals surface area contributed by atoms with Gasteiger partial charge >= 0.3 is 0 Å². The van der Waals surface area contributed by atoms with Crippen LogP contribution in [-0.2, 0) is 31.0 Å². The lowest BCUT2D eigenvalue weighted by atomic mass is 9.96. The molecule has 1 saturated heterocycles. The van der Waals surface area contributed by atoms with Gasteiger partial charge in [0.1, 0.15) is 18.4 Å². The van der Waals surface area contributed by atoms with Gasteiger partial charge in [-0.2, -0.15) is 10.4 Å². The van der Waals surface area contributed by atoms with Gasteiger partial charge < -0.3 is 25.8 Å². The zero-order valence-corrected chi connectivity index (χ0v) is 33.2. The Kier molecular flexibility index (Phi) is 12.9. The molecule has 7 rings (SSSR count). The van der Waals surface area contributed by atoms with Gasteiger partial charge in [0.15, 0.2) is 0 Å². The Bertz CT molecular complexity index is 2460. The fraction of sp³-hybridized carbons (Fsp3) is 0.227. The molecule has 0 bridgehead atoms. The number of carbonyl (C=O) groups is 1. The van der Waals surface area contributed by atoms with Crippen molar-refractivity contribution in [3.8, 4) is 34.1 Å². The van der Waals surface area contributed by atoms with Crippen LogP contribution in [0.15, 0.2) is 104 Å². The van der Waals surface area contributed by atoms with Crippen LogP contribution in [0, 0.1) is 11.3 Å². The normalized spacial score (nSPS) is 14.4. The van der Waals surface area contributed by atoms with Crippen molar-refractivity contribution in [3.63, 3.8) is 0 Å². The summed E-state index contributed by atoms with van der Waals surface area (Å²) in [5.41, 5.74) is 8.18. The highest BCUT2D eigenvalue weighted by Crippen LogP contribution is 2.42. The second-order valence-corrected chi connectivity index (χ2v) is 15.1. The van der Waals surface area contributed by atoms with Gasteiger partial charge in [-0.3, -0.25) is 14.5 Å². The van der Waals surface area contributed by atoms with Crippen molar-refractivity contribution >= 4 is 51.6 Å². The number of nitrogens with zero attached hydrogens (tertiary/aromatic N) is 4. The molecule has 10 nitrogen and oxygen atoms in total. The molecule has 1 aliphatic heterocycles. The van der Waals surface area contributed by atoms with Crippen LogP contribution in [0.3, 0.4) is 0 Å². The monoisotopic (exact) mass is 819 g/mol. The maximum Gasteiger partial charge on any atom is 0.220 e. The van der Waals surface area contributed by atoms with Gasteiger partial charge in [-0.05, 0) is 65.1 Å². The summed E-state index contributed by atoms with van der Waals surface area (Å²) in [4.78, 5) is 15.7. The van der Waals surface area contributed by atoms with Crippen LogP contribution in [-0.4, -0.2) is 51.0 Å². The number of fused-ring (bicyclic) bond motifs is 1. The van der Waals surface area contributed by atoms with Crippen LogP contribution in [0.2, 0.25) is 15.1 Å². The number of benzene rings is 4. The summed E-state index contributed by atoms with van der Waals surface area (Å²) in [5, 5.41) is 36.1. The summed E-state index contributed by atoms with van der Waals surface area (Å²) in [6, 6.07) is 25.4. The van der Waals surface area contributed by atoms with E-state index in [0.29, 0.717) is 52.4 Å². The molecule has 2 aromatic heterocycles. The molecular formula is C44H40Cl3N7O3. The molecule has 13 heteroatoms. The molecule has 290 valence electrons. The van der Waals surface area contributed by atoms with Gasteiger partial charge in [0, 0.05) is 88.2 Å². The quantitative estimate of drug-likeness (QED) is 0.0718. The molecule has 2 atom stereocenters. The average Bonchev–Trinajstić information content (AvgIpc) is 3.85. The van der Waals surface area contributed by atoms with Gasteiger partial charge in [-0.15, -0.1) is 6.58 Å². The predicted octanol–water partition coefficient (Wildman–Crippen LogP) is 8.23. The van der Waals surface area contributed by atoms with Crippen LogP contribution >= 0.6 is 34.8 Å². The molecule has 1 aliphatic rings. The number of aromatic nitrogens is 3. The Morgan fingerprint density at radius 2 is 1.82 bits per heavy atom. The number of aliphatic hydroxyl groups is 1. The first-order chi connectivity index (χ1) is 27.7. The van der Waals surface area contributed by atoms with E-state index in [1.807, 2.05) is 65.5 Å². The zero-order chi connectivity index (χ0) is 39.9. The van der Waals surface area contributed by atoms with Crippen LogP contribution in [0.5, 0.6) is 5.75 Å². The number of carbonyl (C=O) groups excluding carboxylic acids is 1. The van der Waals surface area contributed by atoms with Gasteiger partial charge in [-0.25, -0.2) is 0 Å². The van der Waals surface area contributed by atoms with E-state index in [1.165, 1.54) is 6.20 Å². The summed E-state index contributed by atoms with van der Waals surface area (Å²) >= 11 is 20.9. The summed E-state index contributed by atoms with van der Waals surface area (Å²) < 4.78 is 8.19. The van der Waals surface area contributed by atoms with Crippen molar-refractivity contribution in [2.24, 2.45) is 0 Å². The van der Waals surface area contributed by atoms with Crippen molar-refractivity contribution in [1.82, 2.24) is 30.7 Å². The van der Waals surface area contributed by atoms with E-state index in [1.54, 1.807) is 18.3 Å². The van der Waals surface area contributed by atoms with Crippen molar-refractivity contribution in [2.75, 3.05) is 13.2 Å². The lowest BCUT2D eigenvalue weighted by Gasteiger charge is -2.18. The third-order valence-electron chi connectivity index (χ3n) is 9.99. The number of hydrogen-bond acceptors (Lipinski definition) is 8. The van der Waals surface area contributed by atoms with Gasteiger partial charge in [-0.1, -0.05) is 77.3 Å². The lowest BCUT2D eigenvalue weighted by molar-refractivity contribution is -0.119. The molecule has 1 fully saturated rings. The Balaban J connectivity index is 1.14. The van der Waals surface area contributed by atoms with E-state index in [-0.39, 0.29) is 31.2 Å². The molecular weight excluding hydrogens is 781 g/mol. The molecule has 3 heterocycles. The van der Waals surface area contributed by atoms with Crippen LogP contribution in [0.1, 0.15) is 40.7 Å². The molecule has 0 saturated carbocycles. The maximum atomic E-state index is 11.5. The summed E-state index contributed by atoms with van der Waals surface area (Å²) in [5.74, 6) is 0.701. The minimum Gasteiger partial charge on any atom is -0.489 e. The number of pyridine rings is 1. The second-order valence-electron chi connectivity index (χ2n) is 13.9. The number of halogens is 3. The number of hydrogen-bond donors (Lipinski definition) is 4. The Hall–Kier alpha value is -5.25. The first-order valence-electron chi connectivity index (χ1n) is 18.5. The zero-order valence-electron chi connectivity index (χ0n) is 30.9. The van der Waals surface area contributed by atoms with Gasteiger partial charge in [0.2, 0.25) is 5.91 Å². The Morgan fingerprint density at radius 3 is 2.58 bits per heavy atom. The van der Waals surface area contributed by atoms with Crippen molar-refractivity contribution < 1.29 is 14.6 Å². The lowest BCUT2D eigenvalue weighted by Crippen LogP contribution is -2.35. The predicted molar refractivity (Wildman–Crippen MR) is 225 cm³/mol. The van der Waals surface area contributed by atoms with E-state index in [4.69, 9.17) is 44.6 Å². The van der Waals surface area contributed by atoms with Crippen LogP contribution in [0.4, 0.5) is 0 Å². The highest BCUT2D eigenvalue weighted by atomic mass is 35.5. The number of ether oxygens (including phenoxy) is 1. The highest BCUT2D eigenvalue weighted by molar-refractivity contribution is 6.38. The Morgan fingerprint density at radius 1 is 1.00 bits per heavy atom. The third-order valence-corrected chi connectivity index (χ3v) is 11.0. The first-order valence-corrected chi connectivity index (χ1v) is 19.6. The fourth-order valence-corrected chi connectivity index (χ4v) is 7.71. The van der Waals surface area contributed by atoms with Gasteiger partial charge in [0.25, 0.3) is 0 Å². The molecule has 0 aliphatic carbocycles. The molecule has 4 aromatic carbocycles. The van der Waals surface area contributed by atoms with Crippen LogP contribution < -0.4 is 20.7 Å². The molecule has 0 spiro atoms. The molecule has 6 aromatic rings. The molecule has 1 amide bonds. The SMILES string of the molecule is C=CC(CO)NCc1cc(Cl)c(Cn2ncc3c(-c4cc(Cl)cc(-c5ccc(CNCC6CCC(=O)N6)cc5)c4Cl)cccc32)cc1OCc1cncc(C#N)c1. The van der Waals surface area contributed by atoms with E-state index in [9.17, 15) is 15.2 Å². The fourth-order valence-electron chi connectivity index (χ4n) is 6.93. The van der Waals surface area contributed by atoms with E-state index < -0.39 is 0 Å². The van der Waals surface area contributed by atoms with E-state index >= 15 is 0 Å². The summed E-state index contributed by atoms with van der Waals surface area (Å²) in [6.45, 7) is 5.98. The van der Waals surface area contributed by atoms with Crippen LogP contribution in [0.25, 0.3) is 33.2 Å². The number of rotatable bonds is 16. The standard InChI is InChI=1S/C44H40Cl3N7O3/c1-2-34(25-55)51-21-31-13-40(46)32(14-42(31)57-26-29-12-28(17-48)19-49-20-29)24-54-41-5-3-4-36(39(41)23-52-54)38-16-33(45)15-37(44(38)47)30-8-6-27(7-9-30)18-50-22-35-10-11-43(56)53-35/h2-9,12-16,19-20,23,34-35,50-51,55H,1,10-11,18,21-22,24-26H2,(H,53,56). The summed E-state index contributed by atoms with van der Waals surface area (Å²) in [6.07, 6.45) is 8.08. The second kappa shape index (κ2) is 18.3. The van der Waals surface area contributed by atoms with Gasteiger partial charge in [0.05, 0.1) is 35.5 Å². The topological polar surface area (TPSA) is 137 Å². The maximum absolute atomic E-state index is 11.5. The van der Waals surface area contributed by atoms with Crippen molar-refractivity contribution in [2.45, 2.75) is 51.2 Å². The van der Waals surface area contributed by atoms with E-state index in [0.717, 1.165) is 68.4 Å².